The maximum atomic E-state index is 13.3. The fraction of sp³-hybridized carbons (Fsp3) is 0.533. The first-order valence-corrected chi connectivity index (χ1v) is 6.83. The third-order valence-electron chi connectivity index (χ3n) is 4.35. The number of hydrogen-bond donors (Lipinski definition) is 1. The van der Waals surface area contributed by atoms with E-state index >= 15 is 0 Å². The zero-order chi connectivity index (χ0) is 13.6. The molecule has 2 unspecified atom stereocenters. The minimum atomic E-state index is -0.284. The van der Waals surface area contributed by atoms with Gasteiger partial charge in [0.05, 0.1) is 6.10 Å². The molecule has 0 aromatic heterocycles. The molecular formula is C15H18FNO2. The minimum absolute atomic E-state index is 0.0255. The first-order valence-electron chi connectivity index (χ1n) is 6.83. The van der Waals surface area contributed by atoms with Gasteiger partial charge in [0.1, 0.15) is 5.82 Å². The Morgan fingerprint density at radius 2 is 1.95 bits per heavy atom. The van der Waals surface area contributed by atoms with Gasteiger partial charge in [-0.05, 0) is 56.4 Å². The second kappa shape index (κ2) is 4.60. The molecule has 0 aliphatic carbocycles. The largest absolute Gasteiger partial charge is 0.393 e. The van der Waals surface area contributed by atoms with Crippen molar-refractivity contribution in [2.75, 3.05) is 0 Å². The number of aliphatic hydroxyl groups excluding tert-OH is 1. The fourth-order valence-corrected chi connectivity index (χ4v) is 3.41. The van der Waals surface area contributed by atoms with Gasteiger partial charge in [-0.25, -0.2) is 4.39 Å². The van der Waals surface area contributed by atoms with Gasteiger partial charge in [0.25, 0.3) is 5.91 Å². The van der Waals surface area contributed by atoms with E-state index in [9.17, 15) is 14.3 Å². The zero-order valence-corrected chi connectivity index (χ0v) is 11.0. The molecule has 0 saturated carbocycles. The van der Waals surface area contributed by atoms with Crippen LogP contribution in [0.4, 0.5) is 4.39 Å². The number of fused-ring (bicyclic) bond motifs is 2. The molecule has 2 aliphatic rings. The molecule has 0 radical (unpaired) electrons. The Balaban J connectivity index is 1.86. The predicted molar refractivity (Wildman–Crippen MR) is 69.4 cm³/mol. The fourth-order valence-electron chi connectivity index (χ4n) is 3.41. The highest BCUT2D eigenvalue weighted by atomic mass is 19.1. The van der Waals surface area contributed by atoms with Crippen LogP contribution in [0, 0.1) is 12.7 Å². The van der Waals surface area contributed by atoms with Crippen molar-refractivity contribution in [3.05, 3.63) is 35.1 Å². The summed E-state index contributed by atoms with van der Waals surface area (Å²) in [5.41, 5.74) is 1.04. The van der Waals surface area contributed by atoms with Gasteiger partial charge in [-0.15, -0.1) is 0 Å². The zero-order valence-electron chi connectivity index (χ0n) is 11.0. The first kappa shape index (κ1) is 12.6. The van der Waals surface area contributed by atoms with Gasteiger partial charge in [0, 0.05) is 17.6 Å². The summed E-state index contributed by atoms with van der Waals surface area (Å²) in [4.78, 5) is 14.5. The molecule has 2 fully saturated rings. The second-order valence-corrected chi connectivity index (χ2v) is 5.69. The van der Waals surface area contributed by atoms with Crippen LogP contribution in [-0.4, -0.2) is 34.1 Å². The van der Waals surface area contributed by atoms with E-state index in [0.29, 0.717) is 24.0 Å². The molecule has 2 saturated heterocycles. The van der Waals surface area contributed by atoms with Gasteiger partial charge < -0.3 is 10.0 Å². The number of aryl methyl sites for hydroxylation is 1. The van der Waals surface area contributed by atoms with Crippen molar-refractivity contribution in [1.82, 2.24) is 4.90 Å². The van der Waals surface area contributed by atoms with Crippen molar-refractivity contribution in [3.8, 4) is 0 Å². The maximum absolute atomic E-state index is 13.3. The molecular weight excluding hydrogens is 245 g/mol. The summed E-state index contributed by atoms with van der Waals surface area (Å²) >= 11 is 0. The number of benzene rings is 1. The summed E-state index contributed by atoms with van der Waals surface area (Å²) in [5, 5.41) is 9.75. The van der Waals surface area contributed by atoms with Crippen molar-refractivity contribution >= 4 is 5.91 Å². The average molecular weight is 263 g/mol. The van der Waals surface area contributed by atoms with Crippen LogP contribution >= 0.6 is 0 Å². The van der Waals surface area contributed by atoms with E-state index in [1.54, 1.807) is 19.1 Å². The molecule has 19 heavy (non-hydrogen) atoms. The molecule has 2 bridgehead atoms. The molecule has 1 amide bonds. The Labute approximate surface area is 112 Å². The van der Waals surface area contributed by atoms with E-state index < -0.39 is 0 Å². The Hall–Kier alpha value is -1.42. The van der Waals surface area contributed by atoms with E-state index in [4.69, 9.17) is 0 Å². The molecule has 1 aromatic rings. The normalized spacial score (nSPS) is 29.6. The minimum Gasteiger partial charge on any atom is -0.393 e. The number of carbonyl (C=O) groups excluding carboxylic acids is 1. The molecule has 1 aromatic carbocycles. The Bertz CT molecular complexity index is 503. The van der Waals surface area contributed by atoms with Gasteiger partial charge in [0.2, 0.25) is 0 Å². The average Bonchev–Trinajstić information content (AvgIpc) is 2.64. The van der Waals surface area contributed by atoms with E-state index in [-0.39, 0.29) is 29.9 Å². The van der Waals surface area contributed by atoms with Crippen LogP contribution < -0.4 is 0 Å². The van der Waals surface area contributed by atoms with E-state index in [2.05, 4.69) is 0 Å². The molecule has 2 heterocycles. The standard InChI is InChI=1S/C15H18FNO2/c1-9-6-10(2-5-14(9)16)15(19)17-11-3-4-12(17)8-13(18)7-11/h2,5-6,11-13,18H,3-4,7-8H2,1H3. The lowest BCUT2D eigenvalue weighted by atomic mass is 9.98. The summed E-state index contributed by atoms with van der Waals surface area (Å²) in [6.45, 7) is 1.67. The number of carbonyl (C=O) groups is 1. The summed E-state index contributed by atoms with van der Waals surface area (Å²) in [6.07, 6.45) is 2.99. The molecule has 4 heteroatoms. The molecule has 2 aliphatic heterocycles. The van der Waals surface area contributed by atoms with Crippen LogP contribution in [-0.2, 0) is 0 Å². The number of hydrogen-bond acceptors (Lipinski definition) is 2. The highest BCUT2D eigenvalue weighted by Gasteiger charge is 2.42. The van der Waals surface area contributed by atoms with Crippen LogP contribution in [0.2, 0.25) is 0 Å². The van der Waals surface area contributed by atoms with Crippen molar-refractivity contribution in [2.24, 2.45) is 0 Å². The summed E-state index contributed by atoms with van der Waals surface area (Å²) < 4.78 is 13.3. The summed E-state index contributed by atoms with van der Waals surface area (Å²) in [5.74, 6) is -0.309. The van der Waals surface area contributed by atoms with Crippen molar-refractivity contribution in [3.63, 3.8) is 0 Å². The number of amides is 1. The molecule has 3 rings (SSSR count). The molecule has 3 nitrogen and oxygen atoms in total. The summed E-state index contributed by atoms with van der Waals surface area (Å²) in [6, 6.07) is 4.80. The molecule has 1 N–H and O–H groups in total. The third-order valence-corrected chi connectivity index (χ3v) is 4.35. The summed E-state index contributed by atoms with van der Waals surface area (Å²) in [7, 11) is 0. The molecule has 2 atom stereocenters. The van der Waals surface area contributed by atoms with Crippen molar-refractivity contribution < 1.29 is 14.3 Å². The third kappa shape index (κ3) is 2.14. The SMILES string of the molecule is Cc1cc(C(=O)N2C3CCC2CC(O)C3)ccc1F. The predicted octanol–water partition coefficient (Wildman–Crippen LogP) is 2.26. The monoisotopic (exact) mass is 263 g/mol. The number of piperidine rings is 1. The molecule has 102 valence electrons. The smallest absolute Gasteiger partial charge is 0.254 e. The van der Waals surface area contributed by atoms with Gasteiger partial charge in [-0.3, -0.25) is 4.79 Å². The lowest BCUT2D eigenvalue weighted by Gasteiger charge is -2.37. The van der Waals surface area contributed by atoms with Gasteiger partial charge in [0.15, 0.2) is 0 Å². The van der Waals surface area contributed by atoms with Gasteiger partial charge >= 0.3 is 0 Å². The Morgan fingerprint density at radius 3 is 2.53 bits per heavy atom. The maximum Gasteiger partial charge on any atom is 0.254 e. The number of rotatable bonds is 1. The van der Waals surface area contributed by atoms with E-state index in [0.717, 1.165) is 12.8 Å². The van der Waals surface area contributed by atoms with Crippen LogP contribution in [0.1, 0.15) is 41.6 Å². The lowest BCUT2D eigenvalue weighted by Crippen LogP contribution is -2.48. The topological polar surface area (TPSA) is 40.5 Å². The van der Waals surface area contributed by atoms with Crippen molar-refractivity contribution in [1.29, 1.82) is 0 Å². The van der Waals surface area contributed by atoms with Crippen molar-refractivity contribution in [2.45, 2.75) is 50.8 Å². The Kier molecular flexibility index (Phi) is 3.05. The van der Waals surface area contributed by atoms with E-state index in [1.165, 1.54) is 6.07 Å². The Morgan fingerprint density at radius 1 is 1.32 bits per heavy atom. The number of nitrogens with zero attached hydrogens (tertiary/aromatic N) is 1. The number of aliphatic hydroxyl groups is 1. The van der Waals surface area contributed by atoms with Gasteiger partial charge in [-0.2, -0.15) is 0 Å². The van der Waals surface area contributed by atoms with Crippen LogP contribution in [0.25, 0.3) is 0 Å². The van der Waals surface area contributed by atoms with Gasteiger partial charge in [-0.1, -0.05) is 0 Å². The van der Waals surface area contributed by atoms with E-state index in [1.807, 2.05) is 4.90 Å². The second-order valence-electron chi connectivity index (χ2n) is 5.69. The first-order chi connectivity index (χ1) is 9.06. The highest BCUT2D eigenvalue weighted by Crippen LogP contribution is 2.36. The van der Waals surface area contributed by atoms with Crippen LogP contribution in [0.15, 0.2) is 18.2 Å². The van der Waals surface area contributed by atoms with Crippen LogP contribution in [0.5, 0.6) is 0 Å². The highest BCUT2D eigenvalue weighted by molar-refractivity contribution is 5.95. The van der Waals surface area contributed by atoms with Crippen LogP contribution in [0.3, 0.4) is 0 Å². The number of halogens is 1. The molecule has 0 spiro atoms. The lowest BCUT2D eigenvalue weighted by molar-refractivity contribution is 0.0287. The quantitative estimate of drug-likeness (QED) is 0.844.